The Morgan fingerprint density at radius 3 is 2.63 bits per heavy atom. The monoisotopic (exact) mass is 264 g/mol. The summed E-state index contributed by atoms with van der Waals surface area (Å²) in [4.78, 5) is 20.1. The molecule has 0 saturated heterocycles. The standard InChI is InChI=1S/C11H12N4O4/c16-14(17)9-3-4-10(11(7-9)15(18)19)13-12-6-5-8-1-2-8/h3-4,6-8,13H,1-2,5H2. The molecule has 0 radical (unpaired) electrons. The quantitative estimate of drug-likeness (QED) is 0.482. The first-order valence-electron chi connectivity index (χ1n) is 5.78. The van der Waals surface area contributed by atoms with Crippen molar-refractivity contribution in [2.75, 3.05) is 5.43 Å². The van der Waals surface area contributed by atoms with Crippen LogP contribution in [-0.4, -0.2) is 16.1 Å². The Morgan fingerprint density at radius 1 is 1.32 bits per heavy atom. The van der Waals surface area contributed by atoms with Gasteiger partial charge in [0.15, 0.2) is 0 Å². The summed E-state index contributed by atoms with van der Waals surface area (Å²) >= 11 is 0. The lowest BCUT2D eigenvalue weighted by Gasteiger charge is -2.01. The molecule has 0 atom stereocenters. The Labute approximate surface area is 108 Å². The average Bonchev–Trinajstić information content (AvgIpc) is 3.18. The van der Waals surface area contributed by atoms with Gasteiger partial charge in [0, 0.05) is 12.3 Å². The van der Waals surface area contributed by atoms with E-state index in [2.05, 4.69) is 10.5 Å². The van der Waals surface area contributed by atoms with Crippen LogP contribution in [-0.2, 0) is 0 Å². The first kappa shape index (κ1) is 12.9. The molecule has 1 aromatic rings. The third-order valence-corrected chi connectivity index (χ3v) is 2.80. The van der Waals surface area contributed by atoms with E-state index in [9.17, 15) is 20.2 Å². The van der Waals surface area contributed by atoms with Gasteiger partial charge >= 0.3 is 5.69 Å². The van der Waals surface area contributed by atoms with Crippen LogP contribution in [0.2, 0.25) is 0 Å². The van der Waals surface area contributed by atoms with Crippen molar-refractivity contribution >= 4 is 23.3 Å². The number of hydrogen-bond donors (Lipinski definition) is 1. The van der Waals surface area contributed by atoms with Crippen LogP contribution in [0, 0.1) is 26.1 Å². The van der Waals surface area contributed by atoms with Crippen molar-refractivity contribution in [3.63, 3.8) is 0 Å². The lowest BCUT2D eigenvalue weighted by Crippen LogP contribution is -1.98. The molecule has 1 aliphatic carbocycles. The molecule has 8 heteroatoms. The van der Waals surface area contributed by atoms with Gasteiger partial charge in [-0.1, -0.05) is 0 Å². The molecule has 0 amide bonds. The second kappa shape index (κ2) is 5.42. The number of nitro benzene ring substituents is 2. The summed E-state index contributed by atoms with van der Waals surface area (Å²) < 4.78 is 0. The minimum atomic E-state index is -0.675. The minimum absolute atomic E-state index is 0.141. The Hall–Kier alpha value is -2.51. The fourth-order valence-corrected chi connectivity index (χ4v) is 1.55. The zero-order valence-corrected chi connectivity index (χ0v) is 9.98. The molecule has 1 N–H and O–H groups in total. The molecule has 2 rings (SSSR count). The number of anilines is 1. The highest BCUT2D eigenvalue weighted by Crippen LogP contribution is 2.31. The Morgan fingerprint density at radius 2 is 2.05 bits per heavy atom. The summed E-state index contributed by atoms with van der Waals surface area (Å²) in [6.45, 7) is 0. The molecule has 0 spiro atoms. The molecular weight excluding hydrogens is 252 g/mol. The smallest absolute Gasteiger partial charge is 0.272 e. The predicted octanol–water partition coefficient (Wildman–Crippen LogP) is 2.70. The van der Waals surface area contributed by atoms with Crippen molar-refractivity contribution in [2.45, 2.75) is 19.3 Å². The van der Waals surface area contributed by atoms with Gasteiger partial charge < -0.3 is 0 Å². The van der Waals surface area contributed by atoms with Crippen molar-refractivity contribution in [1.82, 2.24) is 0 Å². The summed E-state index contributed by atoms with van der Waals surface area (Å²) in [7, 11) is 0. The van der Waals surface area contributed by atoms with E-state index in [4.69, 9.17) is 0 Å². The number of hydrogen-bond acceptors (Lipinski definition) is 6. The van der Waals surface area contributed by atoms with E-state index in [1.165, 1.54) is 25.0 Å². The number of hydrazone groups is 1. The largest absolute Gasteiger partial charge is 0.301 e. The van der Waals surface area contributed by atoms with Crippen LogP contribution in [0.1, 0.15) is 19.3 Å². The Balaban J connectivity index is 2.11. The number of rotatable bonds is 6. The first-order valence-corrected chi connectivity index (χ1v) is 5.78. The molecule has 8 nitrogen and oxygen atoms in total. The number of nitrogens with one attached hydrogen (secondary N) is 1. The topological polar surface area (TPSA) is 111 Å². The molecule has 1 aliphatic rings. The molecule has 1 fully saturated rings. The molecule has 0 heterocycles. The lowest BCUT2D eigenvalue weighted by molar-refractivity contribution is -0.393. The predicted molar refractivity (Wildman–Crippen MR) is 69.2 cm³/mol. The van der Waals surface area contributed by atoms with Gasteiger partial charge in [-0.25, -0.2) is 0 Å². The van der Waals surface area contributed by atoms with Crippen molar-refractivity contribution in [3.05, 3.63) is 38.4 Å². The molecule has 1 aromatic carbocycles. The van der Waals surface area contributed by atoms with E-state index < -0.39 is 9.85 Å². The summed E-state index contributed by atoms with van der Waals surface area (Å²) in [5.74, 6) is 0.678. The van der Waals surface area contributed by atoms with Crippen molar-refractivity contribution < 1.29 is 9.85 Å². The Kier molecular flexibility index (Phi) is 3.69. The highest BCUT2D eigenvalue weighted by Gasteiger charge is 2.20. The van der Waals surface area contributed by atoms with Gasteiger partial charge in [-0.3, -0.25) is 25.7 Å². The lowest BCUT2D eigenvalue weighted by atomic mass is 10.2. The van der Waals surface area contributed by atoms with Gasteiger partial charge in [-0.15, -0.1) is 0 Å². The van der Waals surface area contributed by atoms with Gasteiger partial charge in [-0.05, 0) is 31.2 Å². The molecule has 100 valence electrons. The van der Waals surface area contributed by atoms with Crippen LogP contribution in [0.25, 0.3) is 0 Å². The van der Waals surface area contributed by atoms with Gasteiger partial charge in [-0.2, -0.15) is 5.10 Å². The van der Waals surface area contributed by atoms with Gasteiger partial charge in [0.05, 0.1) is 15.9 Å². The highest BCUT2D eigenvalue weighted by molar-refractivity contribution is 5.67. The zero-order chi connectivity index (χ0) is 13.8. The zero-order valence-electron chi connectivity index (χ0n) is 9.98. The van der Waals surface area contributed by atoms with E-state index in [0.29, 0.717) is 5.92 Å². The van der Waals surface area contributed by atoms with E-state index in [-0.39, 0.29) is 17.1 Å². The van der Waals surface area contributed by atoms with E-state index in [0.717, 1.165) is 12.5 Å². The van der Waals surface area contributed by atoms with Gasteiger partial charge in [0.2, 0.25) is 0 Å². The van der Waals surface area contributed by atoms with E-state index in [1.54, 1.807) is 6.21 Å². The van der Waals surface area contributed by atoms with Crippen molar-refractivity contribution in [3.8, 4) is 0 Å². The fourth-order valence-electron chi connectivity index (χ4n) is 1.55. The molecular formula is C11H12N4O4. The van der Waals surface area contributed by atoms with Crippen LogP contribution in [0.5, 0.6) is 0 Å². The molecule has 0 aromatic heterocycles. The number of non-ortho nitro benzene ring substituents is 1. The molecule has 0 aliphatic heterocycles. The summed E-state index contributed by atoms with van der Waals surface area (Å²) in [6, 6.07) is 3.40. The van der Waals surface area contributed by atoms with E-state index >= 15 is 0 Å². The van der Waals surface area contributed by atoms with Gasteiger partial charge in [0.25, 0.3) is 5.69 Å². The second-order valence-electron chi connectivity index (χ2n) is 4.32. The maximum atomic E-state index is 10.8. The van der Waals surface area contributed by atoms with Crippen LogP contribution < -0.4 is 5.43 Å². The normalized spacial score (nSPS) is 14.5. The van der Waals surface area contributed by atoms with Crippen LogP contribution in [0.4, 0.5) is 17.1 Å². The van der Waals surface area contributed by atoms with Crippen LogP contribution in [0.3, 0.4) is 0 Å². The third kappa shape index (κ3) is 3.47. The SMILES string of the molecule is O=[N+]([O-])c1ccc(NN=CCC2CC2)c([N+](=O)[O-])c1. The average molecular weight is 264 g/mol. The van der Waals surface area contributed by atoms with Crippen molar-refractivity contribution in [2.24, 2.45) is 11.0 Å². The van der Waals surface area contributed by atoms with Gasteiger partial charge in [0.1, 0.15) is 5.69 Å². The molecule has 0 bridgehead atoms. The Bertz CT molecular complexity index is 539. The number of nitro groups is 2. The first-order chi connectivity index (χ1) is 9.08. The highest BCUT2D eigenvalue weighted by atomic mass is 16.6. The summed E-state index contributed by atoms with van der Waals surface area (Å²) in [5, 5.41) is 25.3. The minimum Gasteiger partial charge on any atom is -0.272 e. The fraction of sp³-hybridized carbons (Fsp3) is 0.364. The summed E-state index contributed by atoms with van der Waals surface area (Å²) in [5.41, 5.74) is 2.01. The molecule has 19 heavy (non-hydrogen) atoms. The number of benzene rings is 1. The maximum absolute atomic E-state index is 10.8. The van der Waals surface area contributed by atoms with Crippen LogP contribution in [0.15, 0.2) is 23.3 Å². The summed E-state index contributed by atoms with van der Waals surface area (Å²) in [6.07, 6.45) is 4.91. The van der Waals surface area contributed by atoms with E-state index in [1.807, 2.05) is 0 Å². The maximum Gasteiger partial charge on any atom is 0.301 e. The molecule has 0 unspecified atom stereocenters. The number of nitrogens with zero attached hydrogens (tertiary/aromatic N) is 3. The third-order valence-electron chi connectivity index (χ3n) is 2.80. The van der Waals surface area contributed by atoms with Crippen molar-refractivity contribution in [1.29, 1.82) is 0 Å². The van der Waals surface area contributed by atoms with Crippen LogP contribution >= 0.6 is 0 Å². The molecule has 1 saturated carbocycles. The second-order valence-corrected chi connectivity index (χ2v) is 4.32.